The molecule has 2 heteroatoms. The van der Waals surface area contributed by atoms with Gasteiger partial charge in [-0.2, -0.15) is 0 Å². The van der Waals surface area contributed by atoms with Gasteiger partial charge in [0.1, 0.15) is 0 Å². The Bertz CT molecular complexity index is 2710. The van der Waals surface area contributed by atoms with Gasteiger partial charge in [0, 0.05) is 21.5 Å². The Morgan fingerprint density at radius 3 is 1.11 bits per heavy atom. The van der Waals surface area contributed by atoms with Crippen LogP contribution in [0.1, 0.15) is 0 Å². The zero-order chi connectivity index (χ0) is 37.7. The van der Waals surface area contributed by atoms with E-state index in [1.807, 2.05) is 0 Å². The van der Waals surface area contributed by atoms with E-state index in [-0.39, 0.29) is 0 Å². The third kappa shape index (κ3) is 7.23. The third-order valence-electron chi connectivity index (χ3n) is 10.4. The second kappa shape index (κ2) is 15.9. The SMILES string of the molecule is Brc1ccccc1-c1ccc(-c2ccccc2)cc1-c1cc(-c2ccccc2)ccc1-c1ccc(N(c2ccccc2)c2ccc(-c3ccccc3)cc2)cc1. The van der Waals surface area contributed by atoms with Crippen LogP contribution in [0.2, 0.25) is 0 Å². The van der Waals surface area contributed by atoms with Gasteiger partial charge in [-0.05, 0) is 121 Å². The highest BCUT2D eigenvalue weighted by atomic mass is 79.9. The lowest BCUT2D eigenvalue weighted by molar-refractivity contribution is 1.28. The number of para-hydroxylation sites is 1. The molecule has 9 aromatic carbocycles. The second-order valence-electron chi connectivity index (χ2n) is 13.9. The summed E-state index contributed by atoms with van der Waals surface area (Å²) >= 11 is 3.89. The molecule has 0 aliphatic carbocycles. The number of hydrogen-bond acceptors (Lipinski definition) is 1. The molecule has 0 radical (unpaired) electrons. The predicted octanol–water partition coefficient (Wildman–Crippen LogP) is 15.9. The number of benzene rings is 9. The topological polar surface area (TPSA) is 3.24 Å². The van der Waals surface area contributed by atoms with E-state index in [0.29, 0.717) is 0 Å². The molecule has 0 fully saturated rings. The van der Waals surface area contributed by atoms with E-state index in [4.69, 9.17) is 0 Å². The number of hydrogen-bond donors (Lipinski definition) is 0. The predicted molar refractivity (Wildman–Crippen MR) is 241 cm³/mol. The monoisotopic (exact) mass is 779 g/mol. The third-order valence-corrected chi connectivity index (χ3v) is 11.1. The van der Waals surface area contributed by atoms with Crippen molar-refractivity contribution in [1.82, 2.24) is 0 Å². The van der Waals surface area contributed by atoms with Crippen LogP contribution in [0.5, 0.6) is 0 Å². The number of anilines is 3. The van der Waals surface area contributed by atoms with Gasteiger partial charge in [-0.15, -0.1) is 0 Å². The minimum atomic E-state index is 1.07. The molecular formula is C54H38BrN. The Labute approximate surface area is 338 Å². The average molecular weight is 781 g/mol. The second-order valence-corrected chi connectivity index (χ2v) is 14.7. The van der Waals surface area contributed by atoms with Crippen LogP contribution in [0.25, 0.3) is 66.8 Å². The first-order valence-corrected chi connectivity index (χ1v) is 19.7. The van der Waals surface area contributed by atoms with Crippen LogP contribution in [0.3, 0.4) is 0 Å². The molecule has 0 spiro atoms. The van der Waals surface area contributed by atoms with Crippen LogP contribution < -0.4 is 4.90 Å². The molecular weight excluding hydrogens is 743 g/mol. The van der Waals surface area contributed by atoms with Crippen molar-refractivity contribution in [2.75, 3.05) is 4.90 Å². The van der Waals surface area contributed by atoms with Crippen LogP contribution in [-0.2, 0) is 0 Å². The van der Waals surface area contributed by atoms with E-state index in [1.165, 1.54) is 55.6 Å². The molecule has 0 amide bonds. The van der Waals surface area contributed by atoms with E-state index in [1.54, 1.807) is 0 Å². The maximum absolute atomic E-state index is 3.89. The van der Waals surface area contributed by atoms with E-state index in [0.717, 1.165) is 32.7 Å². The van der Waals surface area contributed by atoms with Crippen LogP contribution in [0.4, 0.5) is 17.1 Å². The zero-order valence-corrected chi connectivity index (χ0v) is 32.4. The summed E-state index contributed by atoms with van der Waals surface area (Å²) in [6.07, 6.45) is 0. The minimum absolute atomic E-state index is 1.07. The Kier molecular flexibility index (Phi) is 9.95. The highest BCUT2D eigenvalue weighted by molar-refractivity contribution is 9.10. The molecule has 0 heterocycles. The number of rotatable bonds is 9. The standard InChI is InChI=1S/C54H38BrN/c55-54-24-14-13-23-51(54)50-36-30-45(41-19-9-3-10-20-41)38-53(50)52-37-44(40-17-7-2-8-18-40)29-35-49(52)43-27-33-48(34-28-43)56(46-21-11-4-12-22-46)47-31-25-42(26-32-47)39-15-5-1-6-16-39/h1-38H. The summed E-state index contributed by atoms with van der Waals surface area (Å²) in [5.41, 5.74) is 17.5. The summed E-state index contributed by atoms with van der Waals surface area (Å²) in [4.78, 5) is 2.33. The summed E-state index contributed by atoms with van der Waals surface area (Å²) in [6.45, 7) is 0. The van der Waals surface area contributed by atoms with Crippen molar-refractivity contribution >= 4 is 33.0 Å². The zero-order valence-electron chi connectivity index (χ0n) is 30.8. The van der Waals surface area contributed by atoms with E-state index < -0.39 is 0 Å². The molecule has 0 N–H and O–H groups in total. The van der Waals surface area contributed by atoms with Gasteiger partial charge < -0.3 is 4.90 Å². The van der Waals surface area contributed by atoms with Gasteiger partial charge in [0.15, 0.2) is 0 Å². The van der Waals surface area contributed by atoms with Crippen molar-refractivity contribution in [3.05, 3.63) is 235 Å². The van der Waals surface area contributed by atoms with Crippen molar-refractivity contribution in [3.8, 4) is 66.8 Å². The summed E-state index contributed by atoms with van der Waals surface area (Å²) in [5.74, 6) is 0. The molecule has 0 bridgehead atoms. The lowest BCUT2D eigenvalue weighted by Gasteiger charge is -2.26. The maximum atomic E-state index is 3.89. The van der Waals surface area contributed by atoms with Crippen LogP contribution in [0, 0.1) is 0 Å². The maximum Gasteiger partial charge on any atom is 0.0462 e. The van der Waals surface area contributed by atoms with Gasteiger partial charge in [0.05, 0.1) is 0 Å². The first-order valence-electron chi connectivity index (χ1n) is 18.9. The lowest BCUT2D eigenvalue weighted by Crippen LogP contribution is -2.09. The van der Waals surface area contributed by atoms with Crippen molar-refractivity contribution < 1.29 is 0 Å². The van der Waals surface area contributed by atoms with Gasteiger partial charge in [-0.1, -0.05) is 192 Å². The highest BCUT2D eigenvalue weighted by Crippen LogP contribution is 2.45. The molecule has 0 saturated heterocycles. The van der Waals surface area contributed by atoms with Crippen molar-refractivity contribution in [2.45, 2.75) is 0 Å². The van der Waals surface area contributed by atoms with Crippen molar-refractivity contribution in [1.29, 1.82) is 0 Å². The summed E-state index contributed by atoms with van der Waals surface area (Å²) in [7, 11) is 0. The summed E-state index contributed by atoms with van der Waals surface area (Å²) in [6, 6.07) is 82.7. The van der Waals surface area contributed by atoms with E-state index >= 15 is 0 Å². The van der Waals surface area contributed by atoms with Crippen LogP contribution >= 0.6 is 15.9 Å². The van der Waals surface area contributed by atoms with Crippen molar-refractivity contribution in [3.63, 3.8) is 0 Å². The van der Waals surface area contributed by atoms with Gasteiger partial charge in [0.25, 0.3) is 0 Å². The normalized spacial score (nSPS) is 10.9. The molecule has 56 heavy (non-hydrogen) atoms. The molecule has 9 rings (SSSR count). The fourth-order valence-corrected chi connectivity index (χ4v) is 8.07. The molecule has 0 atom stereocenters. The highest BCUT2D eigenvalue weighted by Gasteiger charge is 2.18. The number of nitrogens with zero attached hydrogens (tertiary/aromatic N) is 1. The van der Waals surface area contributed by atoms with Gasteiger partial charge in [-0.3, -0.25) is 0 Å². The largest absolute Gasteiger partial charge is 0.311 e. The molecule has 0 aromatic heterocycles. The summed E-state index contributed by atoms with van der Waals surface area (Å²) < 4.78 is 1.07. The Balaban J connectivity index is 1.19. The molecule has 0 unspecified atom stereocenters. The molecule has 9 aromatic rings. The number of halogens is 1. The van der Waals surface area contributed by atoms with Gasteiger partial charge in [-0.25, -0.2) is 0 Å². The van der Waals surface area contributed by atoms with Gasteiger partial charge in [0.2, 0.25) is 0 Å². The molecule has 0 saturated carbocycles. The van der Waals surface area contributed by atoms with Gasteiger partial charge >= 0.3 is 0 Å². The molecule has 0 aliphatic rings. The Morgan fingerprint density at radius 2 is 0.589 bits per heavy atom. The summed E-state index contributed by atoms with van der Waals surface area (Å²) in [5, 5.41) is 0. The fourth-order valence-electron chi connectivity index (χ4n) is 7.57. The molecule has 1 nitrogen and oxygen atoms in total. The quantitative estimate of drug-likeness (QED) is 0.141. The lowest BCUT2D eigenvalue weighted by atomic mass is 9.85. The first-order chi connectivity index (χ1) is 27.7. The van der Waals surface area contributed by atoms with Crippen LogP contribution in [-0.4, -0.2) is 0 Å². The minimum Gasteiger partial charge on any atom is -0.311 e. The molecule has 0 aliphatic heterocycles. The Hall–Kier alpha value is -6.74. The fraction of sp³-hybridized carbons (Fsp3) is 0. The van der Waals surface area contributed by atoms with Crippen LogP contribution in [0.15, 0.2) is 235 Å². The smallest absolute Gasteiger partial charge is 0.0462 e. The Morgan fingerprint density at radius 1 is 0.232 bits per heavy atom. The average Bonchev–Trinajstić information content (AvgIpc) is 3.28. The van der Waals surface area contributed by atoms with E-state index in [9.17, 15) is 0 Å². The van der Waals surface area contributed by atoms with Crippen molar-refractivity contribution in [2.24, 2.45) is 0 Å². The molecule has 266 valence electrons. The van der Waals surface area contributed by atoms with E-state index in [2.05, 4.69) is 251 Å². The first kappa shape index (κ1) is 35.0.